The standard InChI is InChI=1S/C15H30N2O/c1-2-18-12-4-3-9-16-10-11-17(15-7-8-15)13-14-5-6-14/h14-16H,2-13H2,1H3. The molecule has 0 atom stereocenters. The number of ether oxygens (including phenoxy) is 1. The summed E-state index contributed by atoms with van der Waals surface area (Å²) in [5.74, 6) is 1.04. The summed E-state index contributed by atoms with van der Waals surface area (Å²) in [5.41, 5.74) is 0. The molecule has 106 valence electrons. The molecule has 0 aromatic heterocycles. The van der Waals surface area contributed by atoms with Crippen LogP contribution in [0.4, 0.5) is 0 Å². The van der Waals surface area contributed by atoms with Gasteiger partial charge < -0.3 is 10.1 Å². The molecule has 0 amide bonds. The maximum absolute atomic E-state index is 5.33. The highest BCUT2D eigenvalue weighted by molar-refractivity contribution is 4.88. The van der Waals surface area contributed by atoms with E-state index < -0.39 is 0 Å². The molecule has 2 fully saturated rings. The highest BCUT2D eigenvalue weighted by Crippen LogP contribution is 2.34. The van der Waals surface area contributed by atoms with Crippen LogP contribution in [0, 0.1) is 5.92 Å². The molecule has 18 heavy (non-hydrogen) atoms. The number of unbranched alkanes of at least 4 members (excludes halogenated alkanes) is 1. The van der Waals surface area contributed by atoms with E-state index in [0.29, 0.717) is 0 Å². The Labute approximate surface area is 112 Å². The SMILES string of the molecule is CCOCCCCNCCN(CC1CC1)C1CC1. The maximum atomic E-state index is 5.33. The number of rotatable bonds is 12. The molecular formula is C15H30N2O. The summed E-state index contributed by atoms with van der Waals surface area (Å²) in [6.45, 7) is 8.78. The zero-order chi connectivity index (χ0) is 12.6. The zero-order valence-corrected chi connectivity index (χ0v) is 12.0. The van der Waals surface area contributed by atoms with Crippen molar-refractivity contribution in [2.24, 2.45) is 5.92 Å². The summed E-state index contributed by atoms with van der Waals surface area (Å²) >= 11 is 0. The van der Waals surface area contributed by atoms with Crippen molar-refractivity contribution in [2.45, 2.75) is 51.5 Å². The molecule has 0 spiro atoms. The molecule has 0 aromatic carbocycles. The molecule has 0 aromatic rings. The van der Waals surface area contributed by atoms with Gasteiger partial charge in [-0.05, 0) is 57.9 Å². The first-order valence-electron chi connectivity index (χ1n) is 7.92. The van der Waals surface area contributed by atoms with Crippen molar-refractivity contribution < 1.29 is 4.74 Å². The van der Waals surface area contributed by atoms with Gasteiger partial charge in [0, 0.05) is 38.9 Å². The lowest BCUT2D eigenvalue weighted by atomic mass is 10.3. The van der Waals surface area contributed by atoms with Crippen LogP contribution in [-0.4, -0.2) is 50.3 Å². The van der Waals surface area contributed by atoms with Crippen molar-refractivity contribution in [3.8, 4) is 0 Å². The summed E-state index contributed by atoms with van der Waals surface area (Å²) in [4.78, 5) is 2.73. The second-order valence-corrected chi connectivity index (χ2v) is 5.82. The van der Waals surface area contributed by atoms with Crippen molar-refractivity contribution in [1.29, 1.82) is 0 Å². The fraction of sp³-hybridized carbons (Fsp3) is 1.00. The van der Waals surface area contributed by atoms with Crippen molar-refractivity contribution in [3.63, 3.8) is 0 Å². The van der Waals surface area contributed by atoms with Crippen LogP contribution in [0.1, 0.15) is 45.4 Å². The first-order chi connectivity index (χ1) is 8.90. The van der Waals surface area contributed by atoms with Gasteiger partial charge in [0.05, 0.1) is 0 Å². The predicted octanol–water partition coefficient (Wildman–Crippen LogP) is 2.27. The minimum Gasteiger partial charge on any atom is -0.382 e. The van der Waals surface area contributed by atoms with Crippen LogP contribution in [-0.2, 0) is 4.74 Å². The predicted molar refractivity (Wildman–Crippen MR) is 75.9 cm³/mol. The largest absolute Gasteiger partial charge is 0.382 e. The number of nitrogens with one attached hydrogen (secondary N) is 1. The Balaban J connectivity index is 1.41. The fourth-order valence-corrected chi connectivity index (χ4v) is 2.44. The van der Waals surface area contributed by atoms with E-state index in [2.05, 4.69) is 17.1 Å². The van der Waals surface area contributed by atoms with E-state index in [1.54, 1.807) is 0 Å². The Morgan fingerprint density at radius 3 is 2.61 bits per heavy atom. The van der Waals surface area contributed by atoms with E-state index in [1.165, 1.54) is 51.6 Å². The van der Waals surface area contributed by atoms with Crippen molar-refractivity contribution in [1.82, 2.24) is 10.2 Å². The van der Waals surface area contributed by atoms with Crippen LogP contribution < -0.4 is 5.32 Å². The highest BCUT2D eigenvalue weighted by atomic mass is 16.5. The third-order valence-corrected chi connectivity index (χ3v) is 3.93. The second-order valence-electron chi connectivity index (χ2n) is 5.82. The number of hydrogen-bond donors (Lipinski definition) is 1. The first-order valence-corrected chi connectivity index (χ1v) is 7.92. The van der Waals surface area contributed by atoms with Crippen molar-refractivity contribution in [2.75, 3.05) is 39.4 Å². The van der Waals surface area contributed by atoms with Crippen LogP contribution in [0.25, 0.3) is 0 Å². The van der Waals surface area contributed by atoms with E-state index in [1.807, 2.05) is 0 Å². The summed E-state index contributed by atoms with van der Waals surface area (Å²) in [7, 11) is 0. The van der Waals surface area contributed by atoms with E-state index in [0.717, 1.165) is 38.3 Å². The number of nitrogens with zero attached hydrogens (tertiary/aromatic N) is 1. The fourth-order valence-electron chi connectivity index (χ4n) is 2.44. The Kier molecular flexibility index (Phi) is 6.46. The van der Waals surface area contributed by atoms with Gasteiger partial charge in [0.15, 0.2) is 0 Å². The molecule has 0 saturated heterocycles. The Bertz CT molecular complexity index is 215. The van der Waals surface area contributed by atoms with Gasteiger partial charge in [-0.2, -0.15) is 0 Å². The van der Waals surface area contributed by atoms with Crippen molar-refractivity contribution >= 4 is 0 Å². The third-order valence-electron chi connectivity index (χ3n) is 3.93. The van der Waals surface area contributed by atoms with Gasteiger partial charge in [-0.25, -0.2) is 0 Å². The second kappa shape index (κ2) is 8.13. The lowest BCUT2D eigenvalue weighted by Crippen LogP contribution is -2.35. The molecule has 0 unspecified atom stereocenters. The molecule has 2 aliphatic rings. The van der Waals surface area contributed by atoms with Gasteiger partial charge in [0.25, 0.3) is 0 Å². The smallest absolute Gasteiger partial charge is 0.0466 e. The molecule has 1 N–H and O–H groups in total. The molecule has 2 aliphatic carbocycles. The van der Waals surface area contributed by atoms with Gasteiger partial charge in [-0.1, -0.05) is 0 Å². The quantitative estimate of drug-likeness (QED) is 0.541. The molecule has 2 rings (SSSR count). The molecule has 0 radical (unpaired) electrons. The lowest BCUT2D eigenvalue weighted by molar-refractivity contribution is 0.143. The van der Waals surface area contributed by atoms with Gasteiger partial charge in [-0.15, -0.1) is 0 Å². The normalized spacial score (nSPS) is 19.7. The minimum atomic E-state index is 0.852. The monoisotopic (exact) mass is 254 g/mol. The average molecular weight is 254 g/mol. The van der Waals surface area contributed by atoms with E-state index in [-0.39, 0.29) is 0 Å². The zero-order valence-electron chi connectivity index (χ0n) is 12.0. The van der Waals surface area contributed by atoms with Crippen LogP contribution in [0.3, 0.4) is 0 Å². The van der Waals surface area contributed by atoms with Gasteiger partial charge in [0.2, 0.25) is 0 Å². The van der Waals surface area contributed by atoms with Crippen LogP contribution in [0.2, 0.25) is 0 Å². The summed E-state index contributed by atoms with van der Waals surface area (Å²) < 4.78 is 5.33. The molecule has 3 nitrogen and oxygen atoms in total. The van der Waals surface area contributed by atoms with Gasteiger partial charge >= 0.3 is 0 Å². The van der Waals surface area contributed by atoms with Crippen LogP contribution in [0.15, 0.2) is 0 Å². The third kappa shape index (κ3) is 6.17. The lowest BCUT2D eigenvalue weighted by Gasteiger charge is -2.21. The summed E-state index contributed by atoms with van der Waals surface area (Å²) in [6.07, 6.45) is 8.28. The van der Waals surface area contributed by atoms with E-state index in [9.17, 15) is 0 Å². The highest BCUT2D eigenvalue weighted by Gasteiger charge is 2.32. The van der Waals surface area contributed by atoms with Crippen LogP contribution in [0.5, 0.6) is 0 Å². The van der Waals surface area contributed by atoms with E-state index >= 15 is 0 Å². The molecule has 3 heteroatoms. The summed E-state index contributed by atoms with van der Waals surface area (Å²) in [6, 6.07) is 0.936. The Morgan fingerprint density at radius 1 is 1.11 bits per heavy atom. The molecule has 2 saturated carbocycles. The molecule has 0 aliphatic heterocycles. The maximum Gasteiger partial charge on any atom is 0.0466 e. The first kappa shape index (κ1) is 14.3. The molecular weight excluding hydrogens is 224 g/mol. The topological polar surface area (TPSA) is 24.5 Å². The van der Waals surface area contributed by atoms with Crippen molar-refractivity contribution in [3.05, 3.63) is 0 Å². The van der Waals surface area contributed by atoms with Gasteiger partial charge in [-0.3, -0.25) is 4.90 Å². The van der Waals surface area contributed by atoms with Crippen LogP contribution >= 0.6 is 0 Å². The Morgan fingerprint density at radius 2 is 1.94 bits per heavy atom. The average Bonchev–Trinajstić information content (AvgIpc) is 3.24. The number of hydrogen-bond acceptors (Lipinski definition) is 3. The minimum absolute atomic E-state index is 0.852. The molecule has 0 heterocycles. The summed E-state index contributed by atoms with van der Waals surface area (Å²) in [5, 5.41) is 3.57. The van der Waals surface area contributed by atoms with E-state index in [4.69, 9.17) is 4.74 Å². The van der Waals surface area contributed by atoms with Gasteiger partial charge in [0.1, 0.15) is 0 Å². The Hall–Kier alpha value is -0.120. The molecule has 0 bridgehead atoms.